The van der Waals surface area contributed by atoms with Crippen molar-refractivity contribution in [2.75, 3.05) is 0 Å². The molecule has 0 aromatic carbocycles. The highest BCUT2D eigenvalue weighted by Gasteiger charge is 2.25. The van der Waals surface area contributed by atoms with Crippen LogP contribution in [-0.2, 0) is 0 Å². The second-order valence-electron chi connectivity index (χ2n) is 4.58. The highest BCUT2D eigenvalue weighted by Crippen LogP contribution is 2.33. The predicted octanol–water partition coefficient (Wildman–Crippen LogP) is 0.746. The summed E-state index contributed by atoms with van der Waals surface area (Å²) in [6.07, 6.45) is 6.47. The van der Waals surface area contributed by atoms with E-state index in [4.69, 9.17) is 5.84 Å². The van der Waals surface area contributed by atoms with Crippen molar-refractivity contribution in [2.45, 2.75) is 51.1 Å². The molecule has 80 valence electrons. The van der Waals surface area contributed by atoms with Gasteiger partial charge < -0.3 is 5.32 Å². The minimum atomic E-state index is 0.482. The van der Waals surface area contributed by atoms with Crippen LogP contribution in [0.1, 0.15) is 39.0 Å². The van der Waals surface area contributed by atoms with E-state index in [-0.39, 0.29) is 0 Å². The monoisotopic (exact) mass is 196 g/mol. The van der Waals surface area contributed by atoms with Crippen LogP contribution < -0.4 is 16.6 Å². The number of rotatable bonds is 4. The number of guanidine groups is 1. The van der Waals surface area contributed by atoms with Crippen LogP contribution in [0.4, 0.5) is 0 Å². The first-order valence-corrected chi connectivity index (χ1v) is 5.59. The molecule has 0 saturated heterocycles. The fourth-order valence-electron chi connectivity index (χ4n) is 1.65. The number of nitrogens with one attached hydrogen (secondary N) is 2. The highest BCUT2D eigenvalue weighted by atomic mass is 15.3. The number of nitrogens with two attached hydrogens (primary N) is 1. The van der Waals surface area contributed by atoms with Crippen molar-refractivity contribution >= 4 is 5.96 Å². The van der Waals surface area contributed by atoms with Crippen molar-refractivity contribution in [3.63, 3.8) is 0 Å². The Hall–Kier alpha value is -0.770. The maximum atomic E-state index is 5.40. The maximum Gasteiger partial charge on any atom is 0.206 e. The molecular weight excluding hydrogens is 176 g/mol. The lowest BCUT2D eigenvalue weighted by Crippen LogP contribution is -2.45. The van der Waals surface area contributed by atoms with E-state index in [1.165, 1.54) is 32.1 Å². The molecule has 1 unspecified atom stereocenters. The summed E-state index contributed by atoms with van der Waals surface area (Å²) in [7, 11) is 0. The third kappa shape index (κ3) is 3.18. The van der Waals surface area contributed by atoms with Crippen LogP contribution in [0.3, 0.4) is 0 Å². The smallest absolute Gasteiger partial charge is 0.206 e. The van der Waals surface area contributed by atoms with Gasteiger partial charge in [-0.1, -0.05) is 12.8 Å². The zero-order chi connectivity index (χ0) is 9.97. The molecule has 1 atom stereocenters. The second kappa shape index (κ2) is 4.17. The maximum absolute atomic E-state index is 5.40. The van der Waals surface area contributed by atoms with Crippen LogP contribution in [0.5, 0.6) is 0 Å². The SMILES string of the molecule is CC(CC1CC1)NC(=NC1CC1)NN. The van der Waals surface area contributed by atoms with E-state index in [1.807, 2.05) is 0 Å². The molecule has 2 saturated carbocycles. The molecule has 0 radical (unpaired) electrons. The van der Waals surface area contributed by atoms with Crippen molar-refractivity contribution < 1.29 is 0 Å². The molecule has 0 aromatic rings. The first kappa shape index (κ1) is 9.77. The van der Waals surface area contributed by atoms with Gasteiger partial charge in [0, 0.05) is 6.04 Å². The van der Waals surface area contributed by atoms with Gasteiger partial charge in [-0.3, -0.25) is 5.43 Å². The summed E-state index contributed by atoms with van der Waals surface area (Å²) in [5.74, 6) is 7.11. The Morgan fingerprint density at radius 2 is 2.14 bits per heavy atom. The lowest BCUT2D eigenvalue weighted by atomic mass is 10.2. The molecule has 0 aliphatic heterocycles. The Balaban J connectivity index is 1.73. The first-order valence-electron chi connectivity index (χ1n) is 5.59. The topological polar surface area (TPSA) is 62.4 Å². The quantitative estimate of drug-likeness (QED) is 0.269. The Kier molecular flexibility index (Phi) is 2.91. The summed E-state index contributed by atoms with van der Waals surface area (Å²) >= 11 is 0. The number of nitrogens with zero attached hydrogens (tertiary/aromatic N) is 1. The molecule has 14 heavy (non-hydrogen) atoms. The summed E-state index contributed by atoms with van der Waals surface area (Å²) in [5, 5.41) is 3.32. The molecule has 2 aliphatic carbocycles. The number of hydrazine groups is 1. The van der Waals surface area contributed by atoms with Crippen LogP contribution in [0.25, 0.3) is 0 Å². The van der Waals surface area contributed by atoms with Crippen molar-refractivity contribution in [1.29, 1.82) is 0 Å². The van der Waals surface area contributed by atoms with E-state index < -0.39 is 0 Å². The summed E-state index contributed by atoms with van der Waals surface area (Å²) in [4.78, 5) is 4.44. The van der Waals surface area contributed by atoms with Gasteiger partial charge >= 0.3 is 0 Å². The molecule has 2 fully saturated rings. The van der Waals surface area contributed by atoms with Crippen molar-refractivity contribution in [1.82, 2.24) is 10.7 Å². The molecular formula is C10H20N4. The van der Waals surface area contributed by atoms with Gasteiger partial charge in [-0.05, 0) is 32.1 Å². The van der Waals surface area contributed by atoms with Gasteiger partial charge in [-0.25, -0.2) is 10.8 Å². The van der Waals surface area contributed by atoms with Gasteiger partial charge in [0.15, 0.2) is 0 Å². The van der Waals surface area contributed by atoms with Crippen molar-refractivity contribution in [3.05, 3.63) is 0 Å². The predicted molar refractivity (Wildman–Crippen MR) is 57.7 cm³/mol. The van der Waals surface area contributed by atoms with Gasteiger partial charge in [0.2, 0.25) is 5.96 Å². The summed E-state index contributed by atoms with van der Waals surface area (Å²) < 4.78 is 0. The average molecular weight is 196 g/mol. The van der Waals surface area contributed by atoms with Gasteiger partial charge in [0.25, 0.3) is 0 Å². The van der Waals surface area contributed by atoms with E-state index in [2.05, 4.69) is 22.7 Å². The average Bonchev–Trinajstić information content (AvgIpc) is 2.97. The zero-order valence-corrected chi connectivity index (χ0v) is 8.79. The third-order valence-corrected chi connectivity index (χ3v) is 2.76. The van der Waals surface area contributed by atoms with E-state index in [0.29, 0.717) is 12.1 Å². The van der Waals surface area contributed by atoms with Gasteiger partial charge in [0.05, 0.1) is 6.04 Å². The Bertz CT molecular complexity index is 218. The second-order valence-corrected chi connectivity index (χ2v) is 4.58. The third-order valence-electron chi connectivity index (χ3n) is 2.76. The molecule has 0 bridgehead atoms. The minimum absolute atomic E-state index is 0.482. The Morgan fingerprint density at radius 1 is 1.43 bits per heavy atom. The molecule has 0 aromatic heterocycles. The number of hydrogen-bond donors (Lipinski definition) is 3. The van der Waals surface area contributed by atoms with E-state index in [9.17, 15) is 0 Å². The van der Waals surface area contributed by atoms with E-state index >= 15 is 0 Å². The minimum Gasteiger partial charge on any atom is -0.353 e. The standard InChI is InChI=1S/C10H20N4/c1-7(6-8-2-3-8)12-10(14-11)13-9-4-5-9/h7-9H,2-6,11H2,1H3,(H2,12,13,14). The Labute approximate surface area is 85.3 Å². The van der Waals surface area contributed by atoms with Gasteiger partial charge in [0.1, 0.15) is 0 Å². The van der Waals surface area contributed by atoms with Gasteiger partial charge in [-0.2, -0.15) is 0 Å². The molecule has 4 N–H and O–H groups in total. The number of hydrogen-bond acceptors (Lipinski definition) is 2. The number of aliphatic imine (C=N–C) groups is 1. The summed E-state index contributed by atoms with van der Waals surface area (Å²) in [6, 6.07) is 0.998. The largest absolute Gasteiger partial charge is 0.353 e. The lowest BCUT2D eigenvalue weighted by Gasteiger charge is -2.15. The molecule has 4 heteroatoms. The molecule has 0 spiro atoms. The highest BCUT2D eigenvalue weighted by molar-refractivity contribution is 5.79. The first-order chi connectivity index (χ1) is 6.78. The lowest BCUT2D eigenvalue weighted by molar-refractivity contribution is 0.554. The van der Waals surface area contributed by atoms with Crippen LogP contribution in [-0.4, -0.2) is 18.0 Å². The normalized spacial score (nSPS) is 24.6. The summed E-state index contributed by atoms with van der Waals surface area (Å²) in [5.41, 5.74) is 2.64. The fraction of sp³-hybridized carbons (Fsp3) is 0.900. The summed E-state index contributed by atoms with van der Waals surface area (Å²) in [6.45, 7) is 2.19. The molecule has 0 amide bonds. The Morgan fingerprint density at radius 3 is 2.64 bits per heavy atom. The molecule has 2 aliphatic rings. The zero-order valence-electron chi connectivity index (χ0n) is 8.79. The fourth-order valence-corrected chi connectivity index (χ4v) is 1.65. The van der Waals surface area contributed by atoms with E-state index in [1.54, 1.807) is 0 Å². The van der Waals surface area contributed by atoms with Crippen molar-refractivity contribution in [3.8, 4) is 0 Å². The van der Waals surface area contributed by atoms with Gasteiger partial charge in [-0.15, -0.1) is 0 Å². The molecule has 4 nitrogen and oxygen atoms in total. The van der Waals surface area contributed by atoms with Crippen LogP contribution in [0.2, 0.25) is 0 Å². The molecule has 2 rings (SSSR count). The van der Waals surface area contributed by atoms with Crippen LogP contribution >= 0.6 is 0 Å². The van der Waals surface area contributed by atoms with Crippen molar-refractivity contribution in [2.24, 2.45) is 16.8 Å². The van der Waals surface area contributed by atoms with E-state index in [0.717, 1.165) is 11.9 Å². The van der Waals surface area contributed by atoms with Crippen LogP contribution in [0, 0.1) is 5.92 Å². The van der Waals surface area contributed by atoms with Crippen LogP contribution in [0.15, 0.2) is 4.99 Å². The molecule has 0 heterocycles.